The topological polar surface area (TPSA) is 46.2 Å². The second kappa shape index (κ2) is 9.00. The summed E-state index contributed by atoms with van der Waals surface area (Å²) in [5, 5.41) is 10.4. The molecular formula is C14H31NO. The Bertz CT molecular complexity index is 159. The Labute approximate surface area is 102 Å². The fourth-order valence-corrected chi connectivity index (χ4v) is 2.45. The molecule has 0 radical (unpaired) electrons. The highest BCUT2D eigenvalue weighted by atomic mass is 16.3. The summed E-state index contributed by atoms with van der Waals surface area (Å²) in [5.74, 6) is 1.33. The molecule has 0 aliphatic carbocycles. The van der Waals surface area contributed by atoms with Gasteiger partial charge in [-0.25, -0.2) is 0 Å². The molecule has 0 spiro atoms. The monoisotopic (exact) mass is 229 g/mol. The number of rotatable bonds is 9. The van der Waals surface area contributed by atoms with Crippen LogP contribution < -0.4 is 5.73 Å². The molecule has 0 aromatic rings. The van der Waals surface area contributed by atoms with Crippen LogP contribution in [0.25, 0.3) is 0 Å². The molecule has 0 saturated carbocycles. The van der Waals surface area contributed by atoms with Crippen molar-refractivity contribution < 1.29 is 5.11 Å². The standard InChI is InChI=1S/C14H31NO/c1-5-7-8-12(6-2)14(16)13(10-15)9-11(3)4/h11-14,16H,5-10,15H2,1-4H3. The van der Waals surface area contributed by atoms with Gasteiger partial charge in [-0.15, -0.1) is 0 Å². The summed E-state index contributed by atoms with van der Waals surface area (Å²) in [7, 11) is 0. The van der Waals surface area contributed by atoms with Crippen molar-refractivity contribution in [2.75, 3.05) is 6.54 Å². The maximum atomic E-state index is 10.4. The Hall–Kier alpha value is -0.0800. The van der Waals surface area contributed by atoms with E-state index in [-0.39, 0.29) is 12.0 Å². The van der Waals surface area contributed by atoms with Crippen LogP contribution >= 0.6 is 0 Å². The van der Waals surface area contributed by atoms with Gasteiger partial charge in [0.2, 0.25) is 0 Å². The third-order valence-electron chi connectivity index (χ3n) is 3.50. The van der Waals surface area contributed by atoms with Crippen LogP contribution in [0.3, 0.4) is 0 Å². The van der Waals surface area contributed by atoms with E-state index < -0.39 is 0 Å². The van der Waals surface area contributed by atoms with Gasteiger partial charge in [-0.3, -0.25) is 0 Å². The van der Waals surface area contributed by atoms with Crippen LogP contribution in [-0.2, 0) is 0 Å². The Morgan fingerprint density at radius 2 is 1.75 bits per heavy atom. The van der Waals surface area contributed by atoms with E-state index in [0.717, 1.165) is 19.3 Å². The number of aliphatic hydroxyl groups excluding tert-OH is 1. The zero-order valence-electron chi connectivity index (χ0n) is 11.6. The first kappa shape index (κ1) is 15.9. The van der Waals surface area contributed by atoms with E-state index in [2.05, 4.69) is 27.7 Å². The van der Waals surface area contributed by atoms with Gasteiger partial charge in [-0.05, 0) is 37.1 Å². The average molecular weight is 229 g/mol. The van der Waals surface area contributed by atoms with E-state index in [4.69, 9.17) is 5.73 Å². The van der Waals surface area contributed by atoms with E-state index in [1.54, 1.807) is 0 Å². The van der Waals surface area contributed by atoms with Gasteiger partial charge in [0, 0.05) is 0 Å². The molecule has 2 heteroatoms. The van der Waals surface area contributed by atoms with E-state index in [9.17, 15) is 5.11 Å². The molecule has 0 fully saturated rings. The van der Waals surface area contributed by atoms with E-state index in [1.807, 2.05) is 0 Å². The summed E-state index contributed by atoms with van der Waals surface area (Å²) < 4.78 is 0. The van der Waals surface area contributed by atoms with Crippen LogP contribution in [0.2, 0.25) is 0 Å². The van der Waals surface area contributed by atoms with E-state index in [0.29, 0.717) is 18.4 Å². The van der Waals surface area contributed by atoms with Crippen molar-refractivity contribution in [2.24, 2.45) is 23.5 Å². The van der Waals surface area contributed by atoms with Gasteiger partial charge in [0.15, 0.2) is 0 Å². The summed E-state index contributed by atoms with van der Waals surface area (Å²) in [6.07, 6.45) is 5.47. The predicted octanol–water partition coefficient (Wildman–Crippen LogP) is 3.18. The SMILES string of the molecule is CCCCC(CC)C(O)C(CN)CC(C)C. The zero-order chi connectivity index (χ0) is 12.6. The van der Waals surface area contributed by atoms with Crippen molar-refractivity contribution in [1.29, 1.82) is 0 Å². The first-order chi connectivity index (χ1) is 7.56. The summed E-state index contributed by atoms with van der Waals surface area (Å²) in [4.78, 5) is 0. The molecule has 2 nitrogen and oxygen atoms in total. The molecule has 0 heterocycles. The van der Waals surface area contributed by atoms with E-state index >= 15 is 0 Å². The molecule has 0 bridgehead atoms. The number of hydrogen-bond donors (Lipinski definition) is 2. The second-order valence-corrected chi connectivity index (χ2v) is 5.43. The lowest BCUT2D eigenvalue weighted by Crippen LogP contribution is -2.35. The molecule has 0 amide bonds. The van der Waals surface area contributed by atoms with Gasteiger partial charge >= 0.3 is 0 Å². The minimum atomic E-state index is -0.205. The van der Waals surface area contributed by atoms with Crippen LogP contribution in [-0.4, -0.2) is 17.8 Å². The minimum Gasteiger partial charge on any atom is -0.393 e. The highest BCUT2D eigenvalue weighted by molar-refractivity contribution is 4.77. The first-order valence-corrected chi connectivity index (χ1v) is 6.94. The number of unbranched alkanes of at least 4 members (excludes halogenated alkanes) is 1. The van der Waals surface area contributed by atoms with Crippen LogP contribution in [0.15, 0.2) is 0 Å². The van der Waals surface area contributed by atoms with Crippen molar-refractivity contribution in [2.45, 2.75) is 65.9 Å². The van der Waals surface area contributed by atoms with Crippen LogP contribution in [0.5, 0.6) is 0 Å². The Morgan fingerprint density at radius 3 is 2.12 bits per heavy atom. The molecule has 3 atom stereocenters. The maximum absolute atomic E-state index is 10.4. The van der Waals surface area contributed by atoms with Gasteiger partial charge < -0.3 is 10.8 Å². The molecule has 0 aliphatic rings. The molecule has 16 heavy (non-hydrogen) atoms. The molecule has 3 N–H and O–H groups in total. The Morgan fingerprint density at radius 1 is 1.12 bits per heavy atom. The van der Waals surface area contributed by atoms with Crippen LogP contribution in [0, 0.1) is 17.8 Å². The van der Waals surface area contributed by atoms with Crippen LogP contribution in [0.1, 0.15) is 59.8 Å². The van der Waals surface area contributed by atoms with Crippen molar-refractivity contribution in [3.05, 3.63) is 0 Å². The van der Waals surface area contributed by atoms with Crippen LogP contribution in [0.4, 0.5) is 0 Å². The lowest BCUT2D eigenvalue weighted by Gasteiger charge is -2.29. The average Bonchev–Trinajstić information content (AvgIpc) is 2.26. The highest BCUT2D eigenvalue weighted by Gasteiger charge is 2.25. The lowest BCUT2D eigenvalue weighted by atomic mass is 9.82. The van der Waals surface area contributed by atoms with Gasteiger partial charge in [0.1, 0.15) is 0 Å². The number of hydrogen-bond acceptors (Lipinski definition) is 2. The van der Waals surface area contributed by atoms with Gasteiger partial charge in [-0.2, -0.15) is 0 Å². The molecule has 3 unspecified atom stereocenters. The lowest BCUT2D eigenvalue weighted by molar-refractivity contribution is 0.0380. The predicted molar refractivity (Wildman–Crippen MR) is 71.3 cm³/mol. The van der Waals surface area contributed by atoms with Crippen molar-refractivity contribution in [3.8, 4) is 0 Å². The summed E-state index contributed by atoms with van der Waals surface area (Å²) in [5.41, 5.74) is 5.78. The van der Waals surface area contributed by atoms with Crippen molar-refractivity contribution in [1.82, 2.24) is 0 Å². The first-order valence-electron chi connectivity index (χ1n) is 6.94. The molecule has 0 aromatic heterocycles. The zero-order valence-corrected chi connectivity index (χ0v) is 11.6. The summed E-state index contributed by atoms with van der Waals surface area (Å²) in [6, 6.07) is 0. The molecule has 0 rings (SSSR count). The summed E-state index contributed by atoms with van der Waals surface area (Å²) in [6.45, 7) is 9.38. The second-order valence-electron chi connectivity index (χ2n) is 5.43. The van der Waals surface area contributed by atoms with Gasteiger partial charge in [0.25, 0.3) is 0 Å². The van der Waals surface area contributed by atoms with Crippen molar-refractivity contribution >= 4 is 0 Å². The Kier molecular flexibility index (Phi) is 8.96. The molecule has 0 aromatic carbocycles. The molecule has 98 valence electrons. The fraction of sp³-hybridized carbons (Fsp3) is 1.00. The normalized spacial score (nSPS) is 17.4. The quantitative estimate of drug-likeness (QED) is 0.638. The largest absolute Gasteiger partial charge is 0.393 e. The maximum Gasteiger partial charge on any atom is 0.0608 e. The highest BCUT2D eigenvalue weighted by Crippen LogP contribution is 2.25. The smallest absolute Gasteiger partial charge is 0.0608 e. The summed E-state index contributed by atoms with van der Waals surface area (Å²) >= 11 is 0. The number of aliphatic hydroxyl groups is 1. The third-order valence-corrected chi connectivity index (χ3v) is 3.50. The molecule has 0 saturated heterocycles. The molecule has 0 aliphatic heterocycles. The fourth-order valence-electron chi connectivity index (χ4n) is 2.45. The minimum absolute atomic E-state index is 0.205. The third kappa shape index (κ3) is 5.86. The van der Waals surface area contributed by atoms with Crippen molar-refractivity contribution in [3.63, 3.8) is 0 Å². The van der Waals surface area contributed by atoms with Gasteiger partial charge in [0.05, 0.1) is 6.10 Å². The molecular weight excluding hydrogens is 198 g/mol. The number of nitrogens with two attached hydrogens (primary N) is 1. The van der Waals surface area contributed by atoms with E-state index in [1.165, 1.54) is 12.8 Å². The van der Waals surface area contributed by atoms with Gasteiger partial charge in [-0.1, -0.05) is 47.0 Å². The Balaban J connectivity index is 4.25.